The average molecular weight is 480 g/mol. The van der Waals surface area contributed by atoms with Gasteiger partial charge in [-0.3, -0.25) is 19.4 Å². The molecule has 2 amide bonds. The van der Waals surface area contributed by atoms with Gasteiger partial charge in [0.05, 0.1) is 18.5 Å². The number of hydrogen-bond acceptors (Lipinski definition) is 7. The summed E-state index contributed by atoms with van der Waals surface area (Å²) in [5.74, 6) is 1.65. The summed E-state index contributed by atoms with van der Waals surface area (Å²) in [5.41, 5.74) is 1.50. The summed E-state index contributed by atoms with van der Waals surface area (Å²) in [6, 6.07) is 4.56. The number of hydrogen-bond donors (Lipinski definition) is 0. The Kier molecular flexibility index (Phi) is 6.56. The molecule has 1 unspecified atom stereocenters. The van der Waals surface area contributed by atoms with Crippen LogP contribution in [0.15, 0.2) is 36.0 Å². The molecule has 0 bridgehead atoms. The standard InChI is InChI=1S/C24H22FN5O3S/c1-5-21-28-19(13-34-21)22(31)30(17-8-15(4)9-18(10-17)33-14(2)3)20-6-7-29(23(20)32)24-26-11-16(25)12-27-24/h1,8-14,20H,6-7H2,2-4H3. The first kappa shape index (κ1) is 23.3. The van der Waals surface area contributed by atoms with Crippen molar-refractivity contribution in [2.75, 3.05) is 16.3 Å². The number of amides is 2. The van der Waals surface area contributed by atoms with Gasteiger partial charge in [0.15, 0.2) is 10.8 Å². The second-order valence-corrected chi connectivity index (χ2v) is 8.88. The van der Waals surface area contributed by atoms with Crippen molar-refractivity contribution in [2.45, 2.75) is 39.3 Å². The number of anilines is 2. The second kappa shape index (κ2) is 9.57. The van der Waals surface area contributed by atoms with Gasteiger partial charge in [-0.25, -0.2) is 19.3 Å². The molecule has 3 heterocycles. The van der Waals surface area contributed by atoms with Crippen LogP contribution >= 0.6 is 11.3 Å². The fourth-order valence-corrected chi connectivity index (χ4v) is 4.35. The number of terminal acetylenes is 1. The van der Waals surface area contributed by atoms with Crippen LogP contribution < -0.4 is 14.5 Å². The second-order valence-electron chi connectivity index (χ2n) is 8.02. The lowest BCUT2D eigenvalue weighted by atomic mass is 10.1. The quantitative estimate of drug-likeness (QED) is 0.502. The molecule has 1 aliphatic rings. The summed E-state index contributed by atoms with van der Waals surface area (Å²) in [5, 5.41) is 1.95. The van der Waals surface area contributed by atoms with Gasteiger partial charge in [0.2, 0.25) is 5.95 Å². The Hall–Kier alpha value is -3.84. The highest BCUT2D eigenvalue weighted by Gasteiger charge is 2.41. The van der Waals surface area contributed by atoms with Crippen LogP contribution in [0.2, 0.25) is 0 Å². The summed E-state index contributed by atoms with van der Waals surface area (Å²) < 4.78 is 19.1. The first-order chi connectivity index (χ1) is 16.3. The summed E-state index contributed by atoms with van der Waals surface area (Å²) in [6.07, 6.45) is 7.68. The fourth-order valence-electron chi connectivity index (χ4n) is 3.76. The van der Waals surface area contributed by atoms with Crippen molar-refractivity contribution in [3.63, 3.8) is 0 Å². The molecule has 1 aliphatic heterocycles. The summed E-state index contributed by atoms with van der Waals surface area (Å²) in [7, 11) is 0. The van der Waals surface area contributed by atoms with Gasteiger partial charge < -0.3 is 4.74 Å². The van der Waals surface area contributed by atoms with Gasteiger partial charge in [0, 0.05) is 23.7 Å². The molecule has 4 rings (SSSR count). The molecule has 3 aromatic rings. The Morgan fingerprint density at radius 2 is 2.06 bits per heavy atom. The number of aromatic nitrogens is 3. The molecule has 0 saturated carbocycles. The number of benzene rings is 1. The Labute approximate surface area is 200 Å². The molecule has 174 valence electrons. The predicted molar refractivity (Wildman–Crippen MR) is 127 cm³/mol. The van der Waals surface area contributed by atoms with E-state index in [9.17, 15) is 14.0 Å². The van der Waals surface area contributed by atoms with Crippen LogP contribution in [0.3, 0.4) is 0 Å². The van der Waals surface area contributed by atoms with E-state index >= 15 is 0 Å². The molecule has 1 atom stereocenters. The molecular weight excluding hydrogens is 457 g/mol. The Balaban J connectivity index is 1.75. The maximum absolute atomic E-state index is 13.6. The Bertz CT molecular complexity index is 1270. The Morgan fingerprint density at radius 1 is 1.32 bits per heavy atom. The molecule has 0 spiro atoms. The molecule has 1 fully saturated rings. The first-order valence-corrected chi connectivity index (χ1v) is 11.5. The van der Waals surface area contributed by atoms with E-state index in [2.05, 4.69) is 20.9 Å². The van der Waals surface area contributed by atoms with Crippen LogP contribution in [0.4, 0.5) is 16.0 Å². The van der Waals surface area contributed by atoms with Gasteiger partial charge in [-0.1, -0.05) is 0 Å². The highest BCUT2D eigenvalue weighted by Crippen LogP contribution is 2.32. The van der Waals surface area contributed by atoms with Crippen molar-refractivity contribution in [3.05, 3.63) is 58.1 Å². The van der Waals surface area contributed by atoms with E-state index in [0.29, 0.717) is 22.9 Å². The molecule has 0 radical (unpaired) electrons. The molecule has 1 aromatic carbocycles. The number of rotatable bonds is 6. The summed E-state index contributed by atoms with van der Waals surface area (Å²) in [4.78, 5) is 41.9. The number of thiazole rings is 1. The van der Waals surface area contributed by atoms with Crippen molar-refractivity contribution in [3.8, 4) is 18.1 Å². The summed E-state index contributed by atoms with van der Waals surface area (Å²) >= 11 is 1.18. The molecule has 8 nitrogen and oxygen atoms in total. The van der Waals surface area contributed by atoms with E-state index in [0.717, 1.165) is 18.0 Å². The smallest absolute Gasteiger partial charge is 0.278 e. The monoisotopic (exact) mass is 479 g/mol. The largest absolute Gasteiger partial charge is 0.491 e. The highest BCUT2D eigenvalue weighted by atomic mass is 32.1. The molecule has 0 aliphatic carbocycles. The number of ether oxygens (including phenoxy) is 1. The molecule has 1 saturated heterocycles. The number of aryl methyl sites for hydroxylation is 1. The van der Waals surface area contributed by atoms with Crippen molar-refractivity contribution >= 4 is 34.8 Å². The van der Waals surface area contributed by atoms with Crippen molar-refractivity contribution in [1.29, 1.82) is 0 Å². The van der Waals surface area contributed by atoms with Crippen molar-refractivity contribution in [2.24, 2.45) is 0 Å². The van der Waals surface area contributed by atoms with Crippen molar-refractivity contribution in [1.82, 2.24) is 15.0 Å². The zero-order chi connectivity index (χ0) is 24.4. The topological polar surface area (TPSA) is 88.5 Å². The van der Waals surface area contributed by atoms with Crippen molar-refractivity contribution < 1.29 is 18.7 Å². The Morgan fingerprint density at radius 3 is 2.71 bits per heavy atom. The van der Waals surface area contributed by atoms with Crippen LogP contribution in [-0.2, 0) is 4.79 Å². The van der Waals surface area contributed by atoms with Crippen LogP contribution in [-0.4, -0.2) is 45.5 Å². The van der Waals surface area contributed by atoms with E-state index in [-0.39, 0.29) is 30.2 Å². The minimum atomic E-state index is -0.842. The van der Waals surface area contributed by atoms with E-state index in [1.165, 1.54) is 21.1 Å². The molecule has 34 heavy (non-hydrogen) atoms. The van der Waals surface area contributed by atoms with E-state index in [4.69, 9.17) is 11.2 Å². The van der Waals surface area contributed by atoms with Crippen LogP contribution in [0.5, 0.6) is 5.75 Å². The van der Waals surface area contributed by atoms with Gasteiger partial charge in [-0.2, -0.15) is 0 Å². The normalized spacial score (nSPS) is 15.5. The molecular formula is C24H22FN5O3S. The lowest BCUT2D eigenvalue weighted by molar-refractivity contribution is -0.118. The van der Waals surface area contributed by atoms with Crippen LogP contribution in [0.1, 0.15) is 41.3 Å². The third kappa shape index (κ3) is 4.75. The van der Waals surface area contributed by atoms with Gasteiger partial charge in [-0.15, -0.1) is 17.8 Å². The zero-order valence-electron chi connectivity index (χ0n) is 18.9. The number of halogens is 1. The minimum Gasteiger partial charge on any atom is -0.491 e. The zero-order valence-corrected chi connectivity index (χ0v) is 19.7. The lowest BCUT2D eigenvalue weighted by Gasteiger charge is -2.28. The van der Waals surface area contributed by atoms with E-state index in [1.54, 1.807) is 11.4 Å². The third-order valence-corrected chi connectivity index (χ3v) is 5.86. The van der Waals surface area contributed by atoms with Crippen LogP contribution in [0.25, 0.3) is 0 Å². The lowest BCUT2D eigenvalue weighted by Crippen LogP contribution is -2.46. The maximum atomic E-state index is 13.6. The van der Waals surface area contributed by atoms with Gasteiger partial charge >= 0.3 is 0 Å². The fraction of sp³-hybridized carbons (Fsp3) is 0.292. The van der Waals surface area contributed by atoms with E-state index in [1.807, 2.05) is 32.9 Å². The number of nitrogens with zero attached hydrogens (tertiary/aromatic N) is 5. The summed E-state index contributed by atoms with van der Waals surface area (Å²) in [6.45, 7) is 5.96. The average Bonchev–Trinajstić information content (AvgIpc) is 3.41. The SMILES string of the molecule is C#Cc1nc(C(=O)N(c2cc(C)cc(OC(C)C)c2)C2CCN(c3ncc(F)cn3)C2=O)cs1. The van der Waals surface area contributed by atoms with Gasteiger partial charge in [0.1, 0.15) is 17.5 Å². The first-order valence-electron chi connectivity index (χ1n) is 10.6. The molecule has 10 heteroatoms. The number of carbonyl (C=O) groups is 2. The maximum Gasteiger partial charge on any atom is 0.278 e. The predicted octanol–water partition coefficient (Wildman–Crippen LogP) is 3.60. The van der Waals surface area contributed by atoms with E-state index < -0.39 is 17.8 Å². The number of carbonyl (C=O) groups excluding carboxylic acids is 2. The highest BCUT2D eigenvalue weighted by molar-refractivity contribution is 7.10. The molecule has 0 N–H and O–H groups in total. The van der Waals surface area contributed by atoms with Gasteiger partial charge in [0.25, 0.3) is 11.8 Å². The van der Waals surface area contributed by atoms with Crippen LogP contribution in [0, 0.1) is 25.1 Å². The molecule has 2 aromatic heterocycles. The third-order valence-electron chi connectivity index (χ3n) is 5.09. The van der Waals surface area contributed by atoms with Gasteiger partial charge in [-0.05, 0) is 50.8 Å². The minimum absolute atomic E-state index is 0.0743.